The van der Waals surface area contributed by atoms with Crippen molar-refractivity contribution in [3.05, 3.63) is 36.5 Å². The van der Waals surface area contributed by atoms with Crippen LogP contribution in [0.2, 0.25) is 0 Å². The van der Waals surface area contributed by atoms with Gasteiger partial charge in [0.1, 0.15) is 0 Å². The Morgan fingerprint density at radius 3 is 2.67 bits per heavy atom. The van der Waals surface area contributed by atoms with E-state index in [1.165, 1.54) is 6.33 Å². The Labute approximate surface area is 70.1 Å². The normalized spacial score (nSPS) is 21.2. The third kappa shape index (κ3) is 1.37. The highest BCUT2D eigenvalue weighted by atomic mass is 15.3. The van der Waals surface area contributed by atoms with Gasteiger partial charge in [-0.3, -0.25) is 0 Å². The maximum atomic E-state index is 3.89. The summed E-state index contributed by atoms with van der Waals surface area (Å²) in [6.45, 7) is 0. The van der Waals surface area contributed by atoms with Crippen LogP contribution in [0.15, 0.2) is 30.6 Å². The number of allylic oxidation sites excluding steroid dienone is 4. The molecular formula is C8H8N4. The van der Waals surface area contributed by atoms with Crippen molar-refractivity contribution in [3.8, 4) is 0 Å². The van der Waals surface area contributed by atoms with Crippen molar-refractivity contribution in [1.82, 2.24) is 20.4 Å². The monoisotopic (exact) mass is 160 g/mol. The molecule has 1 aromatic heterocycles. The minimum Gasteiger partial charge on any atom is -0.135 e. The van der Waals surface area contributed by atoms with Crippen LogP contribution in [0.3, 0.4) is 0 Å². The Hall–Kier alpha value is -1.58. The van der Waals surface area contributed by atoms with Crippen LogP contribution in [0.1, 0.15) is 18.2 Å². The van der Waals surface area contributed by atoms with Crippen molar-refractivity contribution in [2.75, 3.05) is 0 Å². The van der Waals surface area contributed by atoms with Crippen LogP contribution in [0.25, 0.3) is 0 Å². The fraction of sp³-hybridized carbons (Fsp3) is 0.250. The van der Waals surface area contributed by atoms with E-state index in [1.807, 2.05) is 12.2 Å². The SMILES string of the molecule is C1=CCC(c2nncnn2)C=C1. The molecule has 0 N–H and O–H groups in total. The molecule has 0 amide bonds. The molecule has 1 atom stereocenters. The predicted molar refractivity (Wildman–Crippen MR) is 43.3 cm³/mol. The van der Waals surface area contributed by atoms with E-state index in [0.717, 1.165) is 6.42 Å². The lowest BCUT2D eigenvalue weighted by atomic mass is 10.0. The van der Waals surface area contributed by atoms with Crippen LogP contribution >= 0.6 is 0 Å². The van der Waals surface area contributed by atoms with Crippen molar-refractivity contribution in [1.29, 1.82) is 0 Å². The Morgan fingerprint density at radius 1 is 1.17 bits per heavy atom. The Morgan fingerprint density at radius 2 is 2.00 bits per heavy atom. The fourth-order valence-corrected chi connectivity index (χ4v) is 1.13. The predicted octanol–water partition coefficient (Wildman–Crippen LogP) is 0.866. The molecule has 0 saturated heterocycles. The molecule has 1 aromatic rings. The topological polar surface area (TPSA) is 51.6 Å². The van der Waals surface area contributed by atoms with Gasteiger partial charge in [0.05, 0.1) is 0 Å². The third-order valence-electron chi connectivity index (χ3n) is 1.74. The third-order valence-corrected chi connectivity index (χ3v) is 1.74. The second-order valence-electron chi connectivity index (χ2n) is 2.56. The molecule has 0 saturated carbocycles. The standard InChI is InChI=1S/C8H8N4/c1-2-4-7(5-3-1)8-11-9-6-10-12-8/h1-4,6-7H,5H2. The summed E-state index contributed by atoms with van der Waals surface area (Å²) in [5, 5.41) is 15.1. The van der Waals surface area contributed by atoms with Crippen molar-refractivity contribution >= 4 is 0 Å². The highest BCUT2D eigenvalue weighted by Crippen LogP contribution is 2.19. The van der Waals surface area contributed by atoms with E-state index in [2.05, 4.69) is 32.5 Å². The van der Waals surface area contributed by atoms with E-state index < -0.39 is 0 Å². The molecule has 0 aromatic carbocycles. The maximum absolute atomic E-state index is 3.89. The lowest BCUT2D eigenvalue weighted by Gasteiger charge is -2.08. The van der Waals surface area contributed by atoms with Crippen molar-refractivity contribution in [2.45, 2.75) is 12.3 Å². The van der Waals surface area contributed by atoms with Crippen molar-refractivity contribution < 1.29 is 0 Å². The molecule has 0 spiro atoms. The lowest BCUT2D eigenvalue weighted by molar-refractivity contribution is 0.691. The highest BCUT2D eigenvalue weighted by Gasteiger charge is 2.11. The van der Waals surface area contributed by atoms with Gasteiger partial charge in [-0.2, -0.15) is 0 Å². The van der Waals surface area contributed by atoms with Gasteiger partial charge < -0.3 is 0 Å². The van der Waals surface area contributed by atoms with Crippen LogP contribution in [-0.2, 0) is 0 Å². The molecule has 60 valence electrons. The van der Waals surface area contributed by atoms with Gasteiger partial charge >= 0.3 is 0 Å². The average molecular weight is 160 g/mol. The van der Waals surface area contributed by atoms with Crippen molar-refractivity contribution in [3.63, 3.8) is 0 Å². The Balaban J connectivity index is 2.21. The minimum atomic E-state index is 0.246. The van der Waals surface area contributed by atoms with Crippen LogP contribution in [-0.4, -0.2) is 20.4 Å². The van der Waals surface area contributed by atoms with E-state index in [-0.39, 0.29) is 5.92 Å². The smallest absolute Gasteiger partial charge is 0.135 e. The van der Waals surface area contributed by atoms with Crippen LogP contribution in [0, 0.1) is 0 Å². The van der Waals surface area contributed by atoms with Gasteiger partial charge in [-0.05, 0) is 6.42 Å². The first-order valence-corrected chi connectivity index (χ1v) is 3.80. The Bertz CT molecular complexity index is 304. The first kappa shape index (κ1) is 7.09. The zero-order valence-electron chi connectivity index (χ0n) is 6.46. The summed E-state index contributed by atoms with van der Waals surface area (Å²) in [6.07, 6.45) is 10.4. The number of rotatable bonds is 1. The molecule has 1 aliphatic rings. The first-order valence-electron chi connectivity index (χ1n) is 3.80. The summed E-state index contributed by atoms with van der Waals surface area (Å²) in [5.74, 6) is 0.939. The van der Waals surface area contributed by atoms with E-state index in [0.29, 0.717) is 5.82 Å². The molecule has 0 radical (unpaired) electrons. The molecule has 1 heterocycles. The minimum absolute atomic E-state index is 0.246. The fourth-order valence-electron chi connectivity index (χ4n) is 1.13. The summed E-state index contributed by atoms with van der Waals surface area (Å²) in [5.41, 5.74) is 0. The molecule has 0 bridgehead atoms. The Kier molecular flexibility index (Phi) is 1.90. The molecular weight excluding hydrogens is 152 g/mol. The molecule has 1 unspecified atom stereocenters. The highest BCUT2D eigenvalue weighted by molar-refractivity contribution is 5.18. The zero-order chi connectivity index (χ0) is 8.23. The summed E-state index contributed by atoms with van der Waals surface area (Å²) >= 11 is 0. The lowest BCUT2D eigenvalue weighted by Crippen LogP contribution is -2.05. The van der Waals surface area contributed by atoms with Gasteiger partial charge in [-0.25, -0.2) is 0 Å². The second-order valence-corrected chi connectivity index (χ2v) is 2.56. The summed E-state index contributed by atoms with van der Waals surface area (Å²) in [4.78, 5) is 0. The van der Waals surface area contributed by atoms with Gasteiger partial charge in [-0.1, -0.05) is 24.3 Å². The second kappa shape index (κ2) is 3.21. The number of nitrogens with zero attached hydrogens (tertiary/aromatic N) is 4. The molecule has 0 fully saturated rings. The van der Waals surface area contributed by atoms with E-state index in [9.17, 15) is 0 Å². The zero-order valence-corrected chi connectivity index (χ0v) is 6.46. The van der Waals surface area contributed by atoms with Crippen LogP contribution < -0.4 is 0 Å². The number of hydrogen-bond acceptors (Lipinski definition) is 4. The van der Waals surface area contributed by atoms with E-state index in [1.54, 1.807) is 0 Å². The molecule has 4 heteroatoms. The largest absolute Gasteiger partial charge is 0.180 e. The first-order chi connectivity index (χ1) is 5.97. The van der Waals surface area contributed by atoms with Crippen molar-refractivity contribution in [2.24, 2.45) is 0 Å². The summed E-state index contributed by atoms with van der Waals surface area (Å²) < 4.78 is 0. The molecule has 12 heavy (non-hydrogen) atoms. The number of hydrogen-bond donors (Lipinski definition) is 0. The van der Waals surface area contributed by atoms with Gasteiger partial charge in [0.2, 0.25) is 0 Å². The quantitative estimate of drug-likeness (QED) is 0.611. The summed E-state index contributed by atoms with van der Waals surface area (Å²) in [7, 11) is 0. The van der Waals surface area contributed by atoms with Crippen LogP contribution in [0.4, 0.5) is 0 Å². The molecule has 2 rings (SSSR count). The number of aromatic nitrogens is 4. The molecule has 4 nitrogen and oxygen atoms in total. The van der Waals surface area contributed by atoms with Crippen LogP contribution in [0.5, 0.6) is 0 Å². The van der Waals surface area contributed by atoms with E-state index in [4.69, 9.17) is 0 Å². The van der Waals surface area contributed by atoms with Gasteiger partial charge in [-0.15, -0.1) is 20.4 Å². The summed E-state index contributed by atoms with van der Waals surface area (Å²) in [6, 6.07) is 0. The average Bonchev–Trinajstić information content (AvgIpc) is 2.21. The van der Waals surface area contributed by atoms with Gasteiger partial charge in [0.25, 0.3) is 0 Å². The van der Waals surface area contributed by atoms with Gasteiger partial charge in [0.15, 0.2) is 12.2 Å². The molecule has 0 aliphatic heterocycles. The van der Waals surface area contributed by atoms with Gasteiger partial charge in [0, 0.05) is 5.92 Å². The van der Waals surface area contributed by atoms with E-state index >= 15 is 0 Å². The molecule has 1 aliphatic carbocycles. The maximum Gasteiger partial charge on any atom is 0.180 e.